The van der Waals surface area contributed by atoms with Crippen molar-refractivity contribution in [3.8, 4) is 0 Å². The van der Waals surface area contributed by atoms with Crippen molar-refractivity contribution in [3.05, 3.63) is 39.4 Å². The summed E-state index contributed by atoms with van der Waals surface area (Å²) in [4.78, 5) is 13.1. The number of hydrogen-bond donors (Lipinski definition) is 1. The molecule has 21 heavy (non-hydrogen) atoms. The second-order valence-corrected chi connectivity index (χ2v) is 6.14. The fraction of sp³-hybridized carbons (Fsp3) is 0.625. The van der Waals surface area contributed by atoms with Gasteiger partial charge >= 0.3 is 0 Å². The summed E-state index contributed by atoms with van der Waals surface area (Å²) in [7, 11) is 2.11. The molecular weight excluding hydrogens is 266 g/mol. The summed E-state index contributed by atoms with van der Waals surface area (Å²) >= 11 is 0. The van der Waals surface area contributed by atoms with Crippen LogP contribution in [0.4, 0.5) is 5.69 Å². The Kier molecular flexibility index (Phi) is 4.96. The summed E-state index contributed by atoms with van der Waals surface area (Å²) in [5.74, 6) is 0.540. The van der Waals surface area contributed by atoms with Gasteiger partial charge in [0.1, 0.15) is 0 Å². The smallest absolute Gasteiger partial charge is 0.272 e. The lowest BCUT2D eigenvalue weighted by Gasteiger charge is -2.34. The minimum atomic E-state index is -0.302. The second kappa shape index (κ2) is 6.54. The number of nitrogens with two attached hydrogens (primary N) is 1. The molecule has 0 bridgehead atoms. The van der Waals surface area contributed by atoms with Gasteiger partial charge in [0.15, 0.2) is 0 Å². The molecule has 3 atom stereocenters. The standard InChI is InChI=1S/C16H25N3O2/c1-11-7-8-13(9-16(11)19(20)21)12(2)18(3)15-6-4-5-14(15)10-17/h7-9,12,14-15H,4-6,10,17H2,1-3H3. The van der Waals surface area contributed by atoms with Crippen molar-refractivity contribution in [2.24, 2.45) is 11.7 Å². The van der Waals surface area contributed by atoms with Crippen molar-refractivity contribution in [1.82, 2.24) is 4.90 Å². The third-order valence-electron chi connectivity index (χ3n) is 4.97. The van der Waals surface area contributed by atoms with Crippen LogP contribution in [0.15, 0.2) is 18.2 Å². The van der Waals surface area contributed by atoms with Crippen LogP contribution in [0.2, 0.25) is 0 Å². The molecule has 1 saturated carbocycles. The van der Waals surface area contributed by atoms with Gasteiger partial charge in [0.25, 0.3) is 5.69 Å². The van der Waals surface area contributed by atoms with Gasteiger partial charge in [-0.2, -0.15) is 0 Å². The number of benzene rings is 1. The molecule has 116 valence electrons. The molecule has 1 aromatic rings. The molecule has 2 rings (SSSR count). The summed E-state index contributed by atoms with van der Waals surface area (Å²) < 4.78 is 0. The summed E-state index contributed by atoms with van der Waals surface area (Å²) in [5, 5.41) is 11.1. The summed E-state index contributed by atoms with van der Waals surface area (Å²) in [6, 6.07) is 6.18. The zero-order chi connectivity index (χ0) is 15.6. The van der Waals surface area contributed by atoms with Crippen LogP contribution in [0, 0.1) is 23.0 Å². The number of aryl methyl sites for hydroxylation is 1. The van der Waals surface area contributed by atoms with Gasteiger partial charge in [0.05, 0.1) is 4.92 Å². The van der Waals surface area contributed by atoms with Crippen LogP contribution in [0.5, 0.6) is 0 Å². The van der Waals surface area contributed by atoms with E-state index in [-0.39, 0.29) is 16.7 Å². The van der Waals surface area contributed by atoms with Gasteiger partial charge < -0.3 is 5.73 Å². The molecule has 0 amide bonds. The van der Waals surface area contributed by atoms with Crippen LogP contribution >= 0.6 is 0 Å². The molecule has 1 aliphatic carbocycles. The molecule has 0 radical (unpaired) electrons. The van der Waals surface area contributed by atoms with E-state index in [1.807, 2.05) is 12.1 Å². The summed E-state index contributed by atoms with van der Waals surface area (Å²) in [6.07, 6.45) is 3.57. The number of rotatable bonds is 5. The topological polar surface area (TPSA) is 72.4 Å². The first-order valence-electron chi connectivity index (χ1n) is 7.62. The zero-order valence-electron chi connectivity index (χ0n) is 13.1. The van der Waals surface area contributed by atoms with E-state index in [9.17, 15) is 10.1 Å². The van der Waals surface area contributed by atoms with Gasteiger partial charge in [-0.1, -0.05) is 18.6 Å². The Morgan fingerprint density at radius 3 is 2.81 bits per heavy atom. The minimum Gasteiger partial charge on any atom is -0.330 e. The van der Waals surface area contributed by atoms with Crippen LogP contribution in [0.1, 0.15) is 43.4 Å². The highest BCUT2D eigenvalue weighted by molar-refractivity contribution is 5.43. The molecule has 0 heterocycles. The van der Waals surface area contributed by atoms with Crippen LogP contribution in [0.3, 0.4) is 0 Å². The van der Waals surface area contributed by atoms with Crippen molar-refractivity contribution in [3.63, 3.8) is 0 Å². The predicted octanol–water partition coefficient (Wildman–Crippen LogP) is 3.02. The van der Waals surface area contributed by atoms with Gasteiger partial charge in [-0.05, 0) is 51.8 Å². The molecule has 0 spiro atoms. The maximum atomic E-state index is 11.1. The van der Waals surface area contributed by atoms with Crippen LogP contribution in [0.25, 0.3) is 0 Å². The quantitative estimate of drug-likeness (QED) is 0.668. The van der Waals surface area contributed by atoms with E-state index in [1.165, 1.54) is 12.8 Å². The van der Waals surface area contributed by atoms with E-state index in [0.717, 1.165) is 18.5 Å². The highest BCUT2D eigenvalue weighted by Crippen LogP contribution is 2.34. The average molecular weight is 291 g/mol. The first-order valence-corrected chi connectivity index (χ1v) is 7.62. The van der Waals surface area contributed by atoms with E-state index in [1.54, 1.807) is 13.0 Å². The van der Waals surface area contributed by atoms with E-state index in [2.05, 4.69) is 18.9 Å². The molecule has 0 saturated heterocycles. The van der Waals surface area contributed by atoms with E-state index in [0.29, 0.717) is 17.5 Å². The second-order valence-electron chi connectivity index (χ2n) is 6.14. The Morgan fingerprint density at radius 2 is 2.19 bits per heavy atom. The average Bonchev–Trinajstić information content (AvgIpc) is 2.94. The Bertz CT molecular complexity index is 518. The molecule has 0 aliphatic heterocycles. The molecule has 1 fully saturated rings. The van der Waals surface area contributed by atoms with Gasteiger partial charge in [-0.15, -0.1) is 0 Å². The third-order valence-corrected chi connectivity index (χ3v) is 4.97. The number of hydrogen-bond acceptors (Lipinski definition) is 4. The normalized spacial score (nSPS) is 23.5. The van der Waals surface area contributed by atoms with Crippen molar-refractivity contribution in [2.75, 3.05) is 13.6 Å². The molecule has 1 aromatic carbocycles. The maximum Gasteiger partial charge on any atom is 0.272 e. The van der Waals surface area contributed by atoms with Crippen molar-refractivity contribution >= 4 is 5.69 Å². The monoisotopic (exact) mass is 291 g/mol. The Morgan fingerprint density at radius 1 is 1.48 bits per heavy atom. The minimum absolute atomic E-state index is 0.154. The first kappa shape index (κ1) is 15.9. The van der Waals surface area contributed by atoms with Crippen LogP contribution in [-0.4, -0.2) is 29.5 Å². The SMILES string of the molecule is Cc1ccc(C(C)N(C)C2CCCC2CN)cc1[N+](=O)[O-]. The molecular formula is C16H25N3O2. The summed E-state index contributed by atoms with van der Waals surface area (Å²) in [5.41, 5.74) is 7.78. The Hall–Kier alpha value is -1.46. The lowest BCUT2D eigenvalue weighted by molar-refractivity contribution is -0.385. The molecule has 1 aliphatic rings. The van der Waals surface area contributed by atoms with Crippen LogP contribution in [-0.2, 0) is 0 Å². The van der Waals surface area contributed by atoms with E-state index in [4.69, 9.17) is 5.73 Å². The van der Waals surface area contributed by atoms with Gasteiger partial charge in [-0.25, -0.2) is 0 Å². The largest absolute Gasteiger partial charge is 0.330 e. The molecule has 5 nitrogen and oxygen atoms in total. The Balaban J connectivity index is 2.21. The summed E-state index contributed by atoms with van der Waals surface area (Å²) in [6.45, 7) is 4.60. The molecule has 5 heteroatoms. The number of nitro benzene ring substituents is 1. The highest BCUT2D eigenvalue weighted by atomic mass is 16.6. The lowest BCUT2D eigenvalue weighted by Crippen LogP contribution is -2.39. The predicted molar refractivity (Wildman–Crippen MR) is 84.2 cm³/mol. The van der Waals surface area contributed by atoms with Crippen LogP contribution < -0.4 is 5.73 Å². The highest BCUT2D eigenvalue weighted by Gasteiger charge is 2.32. The molecule has 2 N–H and O–H groups in total. The lowest BCUT2D eigenvalue weighted by atomic mass is 9.98. The maximum absolute atomic E-state index is 11.1. The van der Waals surface area contributed by atoms with E-state index >= 15 is 0 Å². The van der Waals surface area contributed by atoms with Gasteiger partial charge in [0, 0.05) is 23.7 Å². The fourth-order valence-electron chi connectivity index (χ4n) is 3.43. The zero-order valence-corrected chi connectivity index (χ0v) is 13.1. The Labute approximate surface area is 126 Å². The van der Waals surface area contributed by atoms with Crippen molar-refractivity contribution < 1.29 is 4.92 Å². The first-order chi connectivity index (χ1) is 9.95. The van der Waals surface area contributed by atoms with Gasteiger partial charge in [-0.3, -0.25) is 15.0 Å². The molecule has 3 unspecified atom stereocenters. The fourth-order valence-corrected chi connectivity index (χ4v) is 3.43. The molecule has 0 aromatic heterocycles. The number of nitro groups is 1. The number of nitrogens with zero attached hydrogens (tertiary/aromatic N) is 2. The third kappa shape index (κ3) is 3.24. The van der Waals surface area contributed by atoms with Crippen molar-refractivity contribution in [2.45, 2.75) is 45.2 Å². The van der Waals surface area contributed by atoms with Gasteiger partial charge in [0.2, 0.25) is 0 Å². The van der Waals surface area contributed by atoms with E-state index < -0.39 is 0 Å². The van der Waals surface area contributed by atoms with Crippen molar-refractivity contribution in [1.29, 1.82) is 0 Å².